The van der Waals surface area contributed by atoms with Crippen LogP contribution in [0.1, 0.15) is 45.0 Å². The lowest BCUT2D eigenvalue weighted by Gasteiger charge is -2.14. The van der Waals surface area contributed by atoms with E-state index in [9.17, 15) is 0 Å². The number of hydrogen-bond donors (Lipinski definition) is 1. The van der Waals surface area contributed by atoms with Gasteiger partial charge in [0, 0.05) is 24.8 Å². The van der Waals surface area contributed by atoms with Crippen molar-refractivity contribution in [1.29, 1.82) is 0 Å². The molecule has 0 fully saturated rings. The molecule has 0 radical (unpaired) electrons. The van der Waals surface area contributed by atoms with Gasteiger partial charge in [0.2, 0.25) is 0 Å². The second-order valence-corrected chi connectivity index (χ2v) is 5.91. The number of nitrogens with two attached hydrogens (primary N) is 1. The van der Waals surface area contributed by atoms with Gasteiger partial charge in [-0.1, -0.05) is 20.8 Å². The summed E-state index contributed by atoms with van der Waals surface area (Å²) in [7, 11) is 0. The molecule has 1 aromatic rings. The van der Waals surface area contributed by atoms with Gasteiger partial charge in [0.1, 0.15) is 12.4 Å². The van der Waals surface area contributed by atoms with Crippen LogP contribution in [-0.2, 0) is 11.2 Å². The zero-order valence-corrected chi connectivity index (χ0v) is 13.9. The number of aryl methyl sites for hydroxylation is 1. The molecule has 120 valence electrons. The molecule has 0 aliphatic carbocycles. The molecule has 1 rings (SSSR count). The highest BCUT2D eigenvalue weighted by atomic mass is 16.5. The molecule has 1 aromatic heterocycles. The van der Waals surface area contributed by atoms with Crippen molar-refractivity contribution in [2.75, 3.05) is 19.8 Å². The summed E-state index contributed by atoms with van der Waals surface area (Å²) in [4.78, 5) is 4.55. The van der Waals surface area contributed by atoms with Gasteiger partial charge in [-0.2, -0.15) is 0 Å². The molecule has 4 heteroatoms. The number of ether oxygens (including phenoxy) is 2. The van der Waals surface area contributed by atoms with Crippen molar-refractivity contribution in [3.8, 4) is 5.75 Å². The Morgan fingerprint density at radius 3 is 2.62 bits per heavy atom. The zero-order chi connectivity index (χ0) is 15.7. The summed E-state index contributed by atoms with van der Waals surface area (Å²) in [5.74, 6) is 1.51. The predicted molar refractivity (Wildman–Crippen MR) is 86.7 cm³/mol. The van der Waals surface area contributed by atoms with Crippen LogP contribution >= 0.6 is 0 Å². The van der Waals surface area contributed by atoms with Gasteiger partial charge >= 0.3 is 0 Å². The highest BCUT2D eigenvalue weighted by molar-refractivity contribution is 5.30. The average Bonchev–Trinajstić information content (AvgIpc) is 2.44. The van der Waals surface area contributed by atoms with Crippen molar-refractivity contribution in [2.24, 2.45) is 11.7 Å². The quantitative estimate of drug-likeness (QED) is 0.674. The smallest absolute Gasteiger partial charge is 0.140 e. The fraction of sp³-hybridized carbons (Fsp3) is 0.706. The number of hydrogen-bond acceptors (Lipinski definition) is 4. The van der Waals surface area contributed by atoms with Crippen LogP contribution in [0, 0.1) is 12.8 Å². The standard InChI is InChI=1S/C17H30N2O2/c1-5-15(18)12-16-17(7-6-14(4)19-16)21-11-10-20-9-8-13(2)3/h6-7,13,15H,5,8-12,18H2,1-4H3. The van der Waals surface area contributed by atoms with E-state index in [0.717, 1.165) is 43.0 Å². The van der Waals surface area contributed by atoms with Crippen molar-refractivity contribution in [3.63, 3.8) is 0 Å². The Labute approximate surface area is 129 Å². The number of rotatable bonds is 10. The Kier molecular flexibility index (Phi) is 8.31. The lowest BCUT2D eigenvalue weighted by atomic mass is 10.1. The van der Waals surface area contributed by atoms with Crippen LogP contribution < -0.4 is 10.5 Å². The van der Waals surface area contributed by atoms with Crippen molar-refractivity contribution in [2.45, 2.75) is 53.0 Å². The predicted octanol–water partition coefficient (Wildman–Crippen LogP) is 3.11. The third-order valence-electron chi connectivity index (χ3n) is 3.38. The van der Waals surface area contributed by atoms with Crippen molar-refractivity contribution < 1.29 is 9.47 Å². The highest BCUT2D eigenvalue weighted by Gasteiger charge is 2.10. The minimum absolute atomic E-state index is 0.129. The van der Waals surface area contributed by atoms with E-state index in [1.54, 1.807) is 0 Å². The first kappa shape index (κ1) is 17.9. The van der Waals surface area contributed by atoms with Crippen LogP contribution in [0.3, 0.4) is 0 Å². The number of aromatic nitrogens is 1. The van der Waals surface area contributed by atoms with Crippen molar-refractivity contribution >= 4 is 0 Å². The molecule has 1 heterocycles. The molecule has 0 aliphatic rings. The molecule has 0 saturated carbocycles. The second kappa shape index (κ2) is 9.74. The third-order valence-corrected chi connectivity index (χ3v) is 3.38. The summed E-state index contributed by atoms with van der Waals surface area (Å²) in [5, 5.41) is 0. The zero-order valence-electron chi connectivity index (χ0n) is 13.9. The van der Waals surface area contributed by atoms with Gasteiger partial charge in [0.05, 0.1) is 12.3 Å². The highest BCUT2D eigenvalue weighted by Crippen LogP contribution is 2.19. The van der Waals surface area contributed by atoms with Crippen molar-refractivity contribution in [3.05, 3.63) is 23.5 Å². The minimum Gasteiger partial charge on any atom is -0.489 e. The van der Waals surface area contributed by atoms with Gasteiger partial charge in [0.25, 0.3) is 0 Å². The van der Waals surface area contributed by atoms with Gasteiger partial charge in [0.15, 0.2) is 0 Å². The van der Waals surface area contributed by atoms with Crippen LogP contribution in [0.2, 0.25) is 0 Å². The maximum absolute atomic E-state index is 6.03. The Hall–Kier alpha value is -1.13. The topological polar surface area (TPSA) is 57.4 Å². The largest absolute Gasteiger partial charge is 0.489 e. The third kappa shape index (κ3) is 7.44. The van der Waals surface area contributed by atoms with Crippen LogP contribution in [0.4, 0.5) is 0 Å². The van der Waals surface area contributed by atoms with E-state index < -0.39 is 0 Å². The first-order valence-electron chi connectivity index (χ1n) is 7.95. The minimum atomic E-state index is 0.129. The maximum atomic E-state index is 6.03. The summed E-state index contributed by atoms with van der Waals surface area (Å²) in [6.45, 7) is 10.4. The summed E-state index contributed by atoms with van der Waals surface area (Å²) in [5.41, 5.74) is 7.97. The van der Waals surface area contributed by atoms with E-state index in [1.807, 2.05) is 19.1 Å². The molecule has 0 aliphatic heterocycles. The van der Waals surface area contributed by atoms with Crippen molar-refractivity contribution in [1.82, 2.24) is 4.98 Å². The molecule has 2 N–H and O–H groups in total. The van der Waals surface area contributed by atoms with Gasteiger partial charge in [-0.25, -0.2) is 0 Å². The molecule has 21 heavy (non-hydrogen) atoms. The fourth-order valence-corrected chi connectivity index (χ4v) is 1.90. The van der Waals surface area contributed by atoms with Crippen LogP contribution in [0.5, 0.6) is 5.75 Å². The van der Waals surface area contributed by atoms with E-state index in [1.165, 1.54) is 0 Å². The Morgan fingerprint density at radius 2 is 1.95 bits per heavy atom. The first-order valence-corrected chi connectivity index (χ1v) is 7.95. The average molecular weight is 294 g/mol. The van der Waals surface area contributed by atoms with E-state index in [2.05, 4.69) is 25.8 Å². The second-order valence-electron chi connectivity index (χ2n) is 5.91. The molecule has 1 atom stereocenters. The van der Waals surface area contributed by atoms with Crippen LogP contribution in [-0.4, -0.2) is 30.8 Å². The molecular formula is C17H30N2O2. The molecule has 1 unspecified atom stereocenters. The van der Waals surface area contributed by atoms with Gasteiger partial charge in [-0.15, -0.1) is 0 Å². The molecular weight excluding hydrogens is 264 g/mol. The van der Waals surface area contributed by atoms with Crippen LogP contribution in [0.25, 0.3) is 0 Å². The van der Waals surface area contributed by atoms with Gasteiger partial charge < -0.3 is 15.2 Å². The lowest BCUT2D eigenvalue weighted by Crippen LogP contribution is -2.22. The summed E-state index contributed by atoms with van der Waals surface area (Å²) < 4.78 is 11.4. The van der Waals surface area contributed by atoms with Gasteiger partial charge in [-0.3, -0.25) is 4.98 Å². The fourth-order valence-electron chi connectivity index (χ4n) is 1.90. The first-order chi connectivity index (χ1) is 10.0. The molecule has 0 saturated heterocycles. The maximum Gasteiger partial charge on any atom is 0.140 e. The van der Waals surface area contributed by atoms with E-state index in [-0.39, 0.29) is 6.04 Å². The van der Waals surface area contributed by atoms with E-state index >= 15 is 0 Å². The van der Waals surface area contributed by atoms with E-state index in [0.29, 0.717) is 19.1 Å². The van der Waals surface area contributed by atoms with Gasteiger partial charge in [-0.05, 0) is 37.8 Å². The van der Waals surface area contributed by atoms with Crippen LogP contribution in [0.15, 0.2) is 12.1 Å². The number of nitrogens with zero attached hydrogens (tertiary/aromatic N) is 1. The molecule has 0 aromatic carbocycles. The Balaban J connectivity index is 2.43. The Morgan fingerprint density at radius 1 is 1.19 bits per heavy atom. The normalized spacial score (nSPS) is 12.7. The SMILES string of the molecule is CCC(N)Cc1nc(C)ccc1OCCOCCC(C)C. The number of pyridine rings is 1. The molecule has 0 amide bonds. The summed E-state index contributed by atoms with van der Waals surface area (Å²) in [6, 6.07) is 4.08. The molecule has 4 nitrogen and oxygen atoms in total. The summed E-state index contributed by atoms with van der Waals surface area (Å²) >= 11 is 0. The molecule has 0 bridgehead atoms. The van der Waals surface area contributed by atoms with E-state index in [4.69, 9.17) is 15.2 Å². The molecule has 0 spiro atoms. The summed E-state index contributed by atoms with van der Waals surface area (Å²) in [6.07, 6.45) is 2.78. The lowest BCUT2D eigenvalue weighted by molar-refractivity contribution is 0.0921. The monoisotopic (exact) mass is 294 g/mol. The Bertz CT molecular complexity index is 408.